The number of carboxylic acids is 1. The third kappa shape index (κ3) is 6.38. The molecule has 1 aromatic heterocycles. The molecular formula is C8H5F6NO2. The van der Waals surface area contributed by atoms with Crippen LogP contribution in [0.3, 0.4) is 0 Å². The zero-order valence-corrected chi connectivity index (χ0v) is 7.92. The molecule has 0 atom stereocenters. The Morgan fingerprint density at radius 2 is 1.29 bits per heavy atom. The number of hydrogen-bond acceptors (Lipinski definition) is 2. The molecule has 0 amide bonds. The number of aliphatic carboxylic acids is 1. The molecule has 1 rings (SSSR count). The third-order valence-corrected chi connectivity index (χ3v) is 1.24. The minimum absolute atomic E-state index is 0.188. The van der Waals surface area contributed by atoms with E-state index >= 15 is 0 Å². The lowest BCUT2D eigenvalue weighted by molar-refractivity contribution is -0.854. The van der Waals surface area contributed by atoms with Crippen LogP contribution in [0.2, 0.25) is 0 Å². The molecule has 17 heavy (non-hydrogen) atoms. The molecule has 0 N–H and O–H groups in total. The average Bonchev–Trinajstić information content (AvgIpc) is 2.17. The lowest BCUT2D eigenvalue weighted by Gasteiger charge is -2.03. The highest BCUT2D eigenvalue weighted by Gasteiger charge is 2.40. The Bertz CT molecular complexity index is 359. The largest absolute Gasteiger partial charge is 0.637 e. The van der Waals surface area contributed by atoms with Crippen molar-refractivity contribution in [3.05, 3.63) is 30.6 Å². The maximum atomic E-state index is 11.8. The number of carboxylic acid groups (broad SMARTS) is 1. The Balaban J connectivity index is 0.000000325. The number of pyridine rings is 1. The van der Waals surface area contributed by atoms with Crippen LogP contribution in [-0.4, -0.2) is 12.1 Å². The van der Waals surface area contributed by atoms with Gasteiger partial charge in [0.1, 0.15) is 5.97 Å². The third-order valence-electron chi connectivity index (χ3n) is 1.24. The number of carbonyl (C=O) groups is 1. The summed E-state index contributed by atoms with van der Waals surface area (Å²) in [6, 6.07) is 4.18. The summed E-state index contributed by atoms with van der Waals surface area (Å²) in [4.78, 5) is 8.78. The van der Waals surface area contributed by atoms with Crippen LogP contribution in [0.5, 0.6) is 0 Å². The Kier molecular flexibility index (Phi) is 4.92. The van der Waals surface area contributed by atoms with Crippen LogP contribution in [-0.2, 0) is 11.1 Å². The van der Waals surface area contributed by atoms with Gasteiger partial charge in [0.05, 0.1) is 0 Å². The number of hydrogen-bond donors (Lipinski definition) is 0. The van der Waals surface area contributed by atoms with Gasteiger partial charge in [0, 0.05) is 12.1 Å². The van der Waals surface area contributed by atoms with Crippen molar-refractivity contribution in [3.63, 3.8) is 0 Å². The summed E-state index contributed by atoms with van der Waals surface area (Å²) in [5.74, 6) is -3.01. The van der Waals surface area contributed by atoms with Crippen molar-refractivity contribution in [1.29, 1.82) is 0 Å². The highest BCUT2D eigenvalue weighted by Crippen LogP contribution is 2.12. The molecule has 9 heteroatoms. The van der Waals surface area contributed by atoms with Crippen molar-refractivity contribution < 1.29 is 40.8 Å². The van der Waals surface area contributed by atoms with Crippen LogP contribution in [0.4, 0.5) is 26.3 Å². The molecule has 0 aliphatic carbocycles. The van der Waals surface area contributed by atoms with E-state index in [1.165, 1.54) is 18.2 Å². The zero-order valence-electron chi connectivity index (χ0n) is 7.92. The SMILES string of the molecule is FC(F)(F)[n+]1ccccc1.O=C([O-])C(F)(F)F. The monoisotopic (exact) mass is 261 g/mol. The van der Waals surface area contributed by atoms with E-state index in [2.05, 4.69) is 0 Å². The second-order valence-electron chi connectivity index (χ2n) is 2.54. The highest BCUT2D eigenvalue weighted by molar-refractivity contribution is 5.70. The lowest BCUT2D eigenvalue weighted by atomic mass is 10.5. The number of alkyl halides is 6. The minimum Gasteiger partial charge on any atom is -0.542 e. The molecule has 96 valence electrons. The maximum Gasteiger partial charge on any atom is 0.637 e. The van der Waals surface area contributed by atoms with Crippen molar-refractivity contribution in [2.75, 3.05) is 0 Å². The van der Waals surface area contributed by atoms with Crippen molar-refractivity contribution in [1.82, 2.24) is 0 Å². The van der Waals surface area contributed by atoms with Crippen molar-refractivity contribution in [3.8, 4) is 0 Å². The van der Waals surface area contributed by atoms with Gasteiger partial charge in [0.25, 0.3) is 0 Å². The molecule has 0 fully saturated rings. The number of rotatable bonds is 0. The Morgan fingerprint density at radius 3 is 1.47 bits per heavy atom. The first-order valence-corrected chi connectivity index (χ1v) is 3.87. The quantitative estimate of drug-likeness (QED) is 0.511. The molecule has 0 aromatic carbocycles. The molecule has 0 radical (unpaired) electrons. The summed E-state index contributed by atoms with van der Waals surface area (Å²) >= 11 is 0. The van der Waals surface area contributed by atoms with E-state index in [-0.39, 0.29) is 4.57 Å². The van der Waals surface area contributed by atoms with E-state index in [1.807, 2.05) is 0 Å². The molecule has 0 saturated carbocycles. The van der Waals surface area contributed by atoms with Gasteiger partial charge in [-0.2, -0.15) is 13.2 Å². The van der Waals surface area contributed by atoms with E-state index < -0.39 is 18.4 Å². The van der Waals surface area contributed by atoms with Crippen LogP contribution in [0.15, 0.2) is 30.6 Å². The summed E-state index contributed by atoms with van der Waals surface area (Å²) in [6.07, 6.45) is -7.57. The number of carbonyl (C=O) groups excluding carboxylic acids is 1. The second kappa shape index (κ2) is 5.51. The normalized spacial score (nSPS) is 11.4. The molecular weight excluding hydrogens is 256 g/mol. The van der Waals surface area contributed by atoms with Gasteiger partial charge in [0.2, 0.25) is 0 Å². The first kappa shape index (κ1) is 15.2. The smallest absolute Gasteiger partial charge is 0.542 e. The summed E-state index contributed by atoms with van der Waals surface area (Å²) in [5, 5.41) is 8.78. The number of nitrogens with zero attached hydrogens (tertiary/aromatic N) is 1. The zero-order chi connectivity index (χ0) is 13.7. The summed E-state index contributed by atoms with van der Waals surface area (Å²) < 4.78 is 67.0. The van der Waals surface area contributed by atoms with Crippen LogP contribution in [0.25, 0.3) is 0 Å². The predicted octanol–water partition coefficient (Wildman–Crippen LogP) is 0.749. The van der Waals surface area contributed by atoms with E-state index in [0.717, 1.165) is 12.4 Å². The van der Waals surface area contributed by atoms with E-state index in [1.54, 1.807) is 0 Å². The summed E-state index contributed by atoms with van der Waals surface area (Å²) in [7, 11) is 0. The van der Waals surface area contributed by atoms with Gasteiger partial charge >= 0.3 is 12.5 Å². The molecule has 1 aromatic rings. The average molecular weight is 261 g/mol. The van der Waals surface area contributed by atoms with Crippen LogP contribution in [0, 0.1) is 0 Å². The first-order valence-electron chi connectivity index (χ1n) is 3.87. The summed E-state index contributed by atoms with van der Waals surface area (Å²) in [6.45, 7) is 0. The van der Waals surface area contributed by atoms with Gasteiger partial charge in [-0.1, -0.05) is 6.07 Å². The molecule has 0 aliphatic heterocycles. The predicted molar refractivity (Wildman–Crippen MR) is 39.0 cm³/mol. The number of aromatic nitrogens is 1. The standard InChI is InChI=1S/C6H5F3N.C2HF3O2/c7-6(8,9)10-4-2-1-3-5-10;3-2(4,5)1(6)7/h1-5H;(H,6,7)/q+1;/p-1. The fourth-order valence-electron chi connectivity index (χ4n) is 0.568. The molecule has 0 aliphatic rings. The molecule has 0 bridgehead atoms. The van der Waals surface area contributed by atoms with Gasteiger partial charge in [-0.05, 0) is 0 Å². The van der Waals surface area contributed by atoms with E-state index in [4.69, 9.17) is 9.90 Å². The van der Waals surface area contributed by atoms with Gasteiger partial charge in [-0.15, -0.1) is 17.7 Å². The Hall–Kier alpha value is -1.80. The van der Waals surface area contributed by atoms with Crippen molar-refractivity contribution >= 4 is 5.97 Å². The fourth-order valence-corrected chi connectivity index (χ4v) is 0.568. The molecule has 0 saturated heterocycles. The lowest BCUT2D eigenvalue weighted by Crippen LogP contribution is -2.46. The van der Waals surface area contributed by atoms with Crippen LogP contribution >= 0.6 is 0 Å². The van der Waals surface area contributed by atoms with Gasteiger partial charge in [-0.3, -0.25) is 0 Å². The Morgan fingerprint density at radius 1 is 0.941 bits per heavy atom. The molecule has 1 heterocycles. The van der Waals surface area contributed by atoms with Gasteiger partial charge in [0.15, 0.2) is 12.4 Å². The van der Waals surface area contributed by atoms with Gasteiger partial charge in [-0.25, -0.2) is 0 Å². The van der Waals surface area contributed by atoms with Crippen LogP contribution < -0.4 is 9.67 Å². The molecule has 0 spiro atoms. The highest BCUT2D eigenvalue weighted by atomic mass is 19.4. The second-order valence-corrected chi connectivity index (χ2v) is 2.54. The number of halogens is 6. The molecule has 0 unspecified atom stereocenters. The minimum atomic E-state index is -5.19. The van der Waals surface area contributed by atoms with Crippen LogP contribution in [0.1, 0.15) is 0 Å². The topological polar surface area (TPSA) is 44.0 Å². The van der Waals surface area contributed by atoms with Crippen molar-refractivity contribution in [2.24, 2.45) is 0 Å². The van der Waals surface area contributed by atoms with E-state index in [0.29, 0.717) is 0 Å². The van der Waals surface area contributed by atoms with Crippen molar-refractivity contribution in [2.45, 2.75) is 12.5 Å². The fraction of sp³-hybridized carbons (Fsp3) is 0.250. The molecule has 3 nitrogen and oxygen atoms in total. The van der Waals surface area contributed by atoms with Gasteiger partial charge < -0.3 is 9.90 Å². The van der Waals surface area contributed by atoms with E-state index in [9.17, 15) is 26.3 Å². The maximum absolute atomic E-state index is 11.8. The Labute approximate surface area is 90.9 Å². The summed E-state index contributed by atoms with van der Waals surface area (Å²) in [5.41, 5.74) is 0. The first-order chi connectivity index (χ1) is 7.55.